The summed E-state index contributed by atoms with van der Waals surface area (Å²) < 4.78 is 4.89. The molecule has 1 aromatic heterocycles. The third kappa shape index (κ3) is 2.68. The molecule has 0 aromatic carbocycles. The molecule has 104 valence electrons. The Bertz CT molecular complexity index is 492. The van der Waals surface area contributed by atoms with Crippen molar-refractivity contribution in [1.29, 1.82) is 0 Å². The number of hydrogen-bond acceptors (Lipinski definition) is 4. The molecule has 1 fully saturated rings. The first-order valence-electron chi connectivity index (χ1n) is 6.12. The number of nitrogens with zero attached hydrogens (tertiary/aromatic N) is 1. The van der Waals surface area contributed by atoms with Crippen LogP contribution in [0.2, 0.25) is 5.22 Å². The number of amidine groups is 1. The van der Waals surface area contributed by atoms with Crippen LogP contribution in [-0.2, 0) is 0 Å². The van der Waals surface area contributed by atoms with E-state index < -0.39 is 5.54 Å². The molecule has 0 bridgehead atoms. The van der Waals surface area contributed by atoms with Crippen LogP contribution in [0.25, 0.3) is 0 Å². The van der Waals surface area contributed by atoms with Crippen LogP contribution in [0.1, 0.15) is 42.5 Å². The highest BCUT2D eigenvalue weighted by Crippen LogP contribution is 2.29. The van der Waals surface area contributed by atoms with E-state index in [2.05, 4.69) is 10.5 Å². The van der Waals surface area contributed by atoms with Crippen molar-refractivity contribution in [1.82, 2.24) is 5.32 Å². The molecule has 0 spiro atoms. The minimum Gasteiger partial charge on any atom is -0.452 e. The number of furan rings is 1. The topological polar surface area (TPSA) is 101 Å². The molecule has 0 aliphatic heterocycles. The molecule has 1 amide bonds. The van der Waals surface area contributed by atoms with Crippen LogP contribution >= 0.6 is 11.6 Å². The predicted octanol–water partition coefficient (Wildman–Crippen LogP) is 2.11. The third-order valence-electron chi connectivity index (χ3n) is 3.52. The van der Waals surface area contributed by atoms with E-state index in [1.165, 1.54) is 12.3 Å². The average Bonchev–Trinajstić information content (AvgIpc) is 2.85. The van der Waals surface area contributed by atoms with Crippen molar-refractivity contribution in [2.24, 2.45) is 10.9 Å². The fourth-order valence-electron chi connectivity index (χ4n) is 2.44. The molecule has 1 aromatic rings. The minimum absolute atomic E-state index is 0.0279. The Labute approximate surface area is 115 Å². The van der Waals surface area contributed by atoms with Crippen molar-refractivity contribution >= 4 is 23.3 Å². The van der Waals surface area contributed by atoms with Gasteiger partial charge in [0.05, 0.1) is 11.8 Å². The second-order valence-corrected chi connectivity index (χ2v) is 5.03. The fraction of sp³-hybridized carbons (Fsp3) is 0.500. The maximum absolute atomic E-state index is 12.2. The molecule has 0 radical (unpaired) electrons. The van der Waals surface area contributed by atoms with E-state index >= 15 is 0 Å². The maximum atomic E-state index is 12.2. The highest BCUT2D eigenvalue weighted by molar-refractivity contribution is 6.32. The van der Waals surface area contributed by atoms with Gasteiger partial charge in [0.15, 0.2) is 5.84 Å². The second-order valence-electron chi connectivity index (χ2n) is 4.69. The SMILES string of the molecule is N/C(=N/O)C1(NC(=O)c2ccoc2Cl)CCCCC1. The molecule has 2 rings (SSSR count). The van der Waals surface area contributed by atoms with Gasteiger partial charge >= 0.3 is 0 Å². The van der Waals surface area contributed by atoms with E-state index in [4.69, 9.17) is 27.0 Å². The number of amides is 1. The molecule has 1 aliphatic rings. The van der Waals surface area contributed by atoms with E-state index in [1.807, 2.05) is 0 Å². The molecule has 1 heterocycles. The monoisotopic (exact) mass is 285 g/mol. The van der Waals surface area contributed by atoms with Gasteiger partial charge in [-0.2, -0.15) is 0 Å². The molecular weight excluding hydrogens is 270 g/mol. The number of nitrogens with two attached hydrogens (primary N) is 1. The normalized spacial score (nSPS) is 19.1. The number of carbonyl (C=O) groups is 1. The number of carbonyl (C=O) groups excluding carboxylic acids is 1. The summed E-state index contributed by atoms with van der Waals surface area (Å²) in [5, 5.41) is 14.8. The molecule has 19 heavy (non-hydrogen) atoms. The maximum Gasteiger partial charge on any atom is 0.256 e. The molecule has 0 atom stereocenters. The molecule has 1 aliphatic carbocycles. The number of halogens is 1. The lowest BCUT2D eigenvalue weighted by Gasteiger charge is -2.36. The van der Waals surface area contributed by atoms with Gasteiger partial charge in [0, 0.05) is 0 Å². The van der Waals surface area contributed by atoms with Crippen LogP contribution in [-0.4, -0.2) is 22.5 Å². The molecular formula is C12H16ClN3O3. The summed E-state index contributed by atoms with van der Waals surface area (Å²) in [5.41, 5.74) is 5.20. The summed E-state index contributed by atoms with van der Waals surface area (Å²) in [4.78, 5) is 12.2. The van der Waals surface area contributed by atoms with Gasteiger partial charge in [-0.15, -0.1) is 0 Å². The van der Waals surface area contributed by atoms with Gasteiger partial charge in [-0.25, -0.2) is 0 Å². The average molecular weight is 286 g/mol. The van der Waals surface area contributed by atoms with E-state index in [1.54, 1.807) is 0 Å². The lowest BCUT2D eigenvalue weighted by molar-refractivity contribution is 0.0905. The predicted molar refractivity (Wildman–Crippen MR) is 70.4 cm³/mol. The Hall–Kier alpha value is -1.69. The molecule has 0 saturated heterocycles. The lowest BCUT2D eigenvalue weighted by Crippen LogP contribution is -2.58. The van der Waals surface area contributed by atoms with Crippen LogP contribution in [0, 0.1) is 0 Å². The van der Waals surface area contributed by atoms with Crippen LogP contribution in [0.5, 0.6) is 0 Å². The summed E-state index contributed by atoms with van der Waals surface area (Å²) in [7, 11) is 0. The summed E-state index contributed by atoms with van der Waals surface area (Å²) in [6.45, 7) is 0. The third-order valence-corrected chi connectivity index (χ3v) is 3.81. The standard InChI is InChI=1S/C12H16ClN3O3/c13-9-8(4-7-19-9)10(17)15-12(11(14)16-18)5-2-1-3-6-12/h4,7,18H,1-3,5-6H2,(H2,14,16)(H,15,17). The van der Waals surface area contributed by atoms with Crippen molar-refractivity contribution < 1.29 is 14.4 Å². The first kappa shape index (κ1) is 13.7. The van der Waals surface area contributed by atoms with E-state index in [-0.39, 0.29) is 22.5 Å². The zero-order chi connectivity index (χ0) is 13.9. The van der Waals surface area contributed by atoms with Crippen molar-refractivity contribution in [2.45, 2.75) is 37.6 Å². The van der Waals surface area contributed by atoms with Crippen molar-refractivity contribution in [2.75, 3.05) is 0 Å². The highest BCUT2D eigenvalue weighted by atomic mass is 35.5. The zero-order valence-corrected chi connectivity index (χ0v) is 11.1. The van der Waals surface area contributed by atoms with Crippen LogP contribution in [0.15, 0.2) is 21.9 Å². The first-order chi connectivity index (χ1) is 9.09. The van der Waals surface area contributed by atoms with Crippen LogP contribution < -0.4 is 11.1 Å². The van der Waals surface area contributed by atoms with E-state index in [0.717, 1.165) is 19.3 Å². The largest absolute Gasteiger partial charge is 0.452 e. The van der Waals surface area contributed by atoms with Gasteiger partial charge in [-0.05, 0) is 30.5 Å². The Kier molecular flexibility index (Phi) is 3.99. The summed E-state index contributed by atoms with van der Waals surface area (Å²) >= 11 is 5.77. The Balaban J connectivity index is 2.21. The van der Waals surface area contributed by atoms with Crippen molar-refractivity contribution in [3.05, 3.63) is 23.1 Å². The van der Waals surface area contributed by atoms with Gasteiger partial charge in [0.2, 0.25) is 5.22 Å². The zero-order valence-electron chi connectivity index (χ0n) is 10.4. The molecule has 0 unspecified atom stereocenters. The summed E-state index contributed by atoms with van der Waals surface area (Å²) in [5.74, 6) is -0.354. The smallest absolute Gasteiger partial charge is 0.256 e. The molecule has 1 saturated carbocycles. The van der Waals surface area contributed by atoms with Gasteiger partial charge in [0.1, 0.15) is 5.54 Å². The van der Waals surface area contributed by atoms with Crippen LogP contribution in [0.3, 0.4) is 0 Å². The first-order valence-corrected chi connectivity index (χ1v) is 6.50. The Morgan fingerprint density at radius 2 is 2.16 bits per heavy atom. The lowest BCUT2D eigenvalue weighted by atomic mass is 9.80. The Morgan fingerprint density at radius 3 is 2.68 bits per heavy atom. The fourth-order valence-corrected chi connectivity index (χ4v) is 2.64. The molecule has 6 nitrogen and oxygen atoms in total. The van der Waals surface area contributed by atoms with Crippen LogP contribution in [0.4, 0.5) is 0 Å². The van der Waals surface area contributed by atoms with Crippen molar-refractivity contribution in [3.63, 3.8) is 0 Å². The minimum atomic E-state index is -0.801. The highest BCUT2D eigenvalue weighted by Gasteiger charge is 2.38. The Morgan fingerprint density at radius 1 is 1.47 bits per heavy atom. The quantitative estimate of drug-likeness (QED) is 0.343. The summed E-state index contributed by atoms with van der Waals surface area (Å²) in [6, 6.07) is 1.49. The van der Waals surface area contributed by atoms with Gasteiger partial charge in [0.25, 0.3) is 5.91 Å². The van der Waals surface area contributed by atoms with E-state index in [9.17, 15) is 4.79 Å². The van der Waals surface area contributed by atoms with Gasteiger partial charge in [-0.3, -0.25) is 4.79 Å². The molecule has 7 heteroatoms. The van der Waals surface area contributed by atoms with Crippen molar-refractivity contribution in [3.8, 4) is 0 Å². The second kappa shape index (κ2) is 5.52. The number of rotatable bonds is 3. The number of nitrogens with one attached hydrogen (secondary N) is 1. The van der Waals surface area contributed by atoms with Gasteiger partial charge < -0.3 is 20.7 Å². The number of oxime groups is 1. The molecule has 4 N–H and O–H groups in total. The summed E-state index contributed by atoms with van der Waals surface area (Å²) in [6.07, 6.45) is 5.52. The van der Waals surface area contributed by atoms with Gasteiger partial charge in [-0.1, -0.05) is 24.4 Å². The van der Waals surface area contributed by atoms with E-state index in [0.29, 0.717) is 12.8 Å². The number of hydrogen-bond donors (Lipinski definition) is 3.